The number of oxazole rings is 1. The van der Waals surface area contributed by atoms with Crippen LogP contribution in [0.15, 0.2) is 40.9 Å². The van der Waals surface area contributed by atoms with E-state index in [9.17, 15) is 4.79 Å². The maximum Gasteiger partial charge on any atom is 0.292 e. The molecule has 1 aromatic carbocycles. The predicted molar refractivity (Wildman–Crippen MR) is 115 cm³/mol. The highest BCUT2D eigenvalue weighted by Crippen LogP contribution is 2.38. The number of likely N-dealkylation sites (tertiary alicyclic amines) is 1. The lowest BCUT2D eigenvalue weighted by atomic mass is 10.00. The number of hydrogen-bond donors (Lipinski definition) is 0. The number of hydrogen-bond acceptors (Lipinski definition) is 6. The molecule has 0 spiro atoms. The van der Waals surface area contributed by atoms with Crippen molar-refractivity contribution in [2.24, 2.45) is 0 Å². The Bertz CT molecular complexity index is 1050. The van der Waals surface area contributed by atoms with Crippen molar-refractivity contribution in [3.8, 4) is 11.1 Å². The van der Waals surface area contributed by atoms with Gasteiger partial charge in [0.15, 0.2) is 5.89 Å². The van der Waals surface area contributed by atoms with Crippen molar-refractivity contribution in [3.63, 3.8) is 0 Å². The lowest BCUT2D eigenvalue weighted by molar-refractivity contribution is 0.0698. The Hall–Kier alpha value is -3.22. The lowest BCUT2D eigenvalue weighted by Crippen LogP contribution is -2.32. The molecule has 1 saturated heterocycles. The molecule has 3 heterocycles. The van der Waals surface area contributed by atoms with Crippen molar-refractivity contribution in [2.75, 3.05) is 25.5 Å². The van der Waals surface area contributed by atoms with E-state index in [1.165, 1.54) is 0 Å². The fourth-order valence-corrected chi connectivity index (χ4v) is 3.92. The second kappa shape index (κ2) is 8.26. The van der Waals surface area contributed by atoms with Crippen LogP contribution in [0.2, 0.25) is 0 Å². The SMILES string of the molecule is CCc1nc(C)c(C(=O)N2CCC[C@@H]2c2nc(N(C)C)ncc2-c2ccccc2)o1. The molecule has 7 nitrogen and oxygen atoms in total. The minimum absolute atomic E-state index is 0.119. The summed E-state index contributed by atoms with van der Waals surface area (Å²) in [7, 11) is 3.84. The Kier molecular flexibility index (Phi) is 5.53. The number of nitrogens with zero attached hydrogens (tertiary/aromatic N) is 5. The minimum Gasteiger partial charge on any atom is -0.435 e. The van der Waals surface area contributed by atoms with Crippen LogP contribution < -0.4 is 4.90 Å². The smallest absolute Gasteiger partial charge is 0.292 e. The fraction of sp³-hybridized carbons (Fsp3) is 0.391. The van der Waals surface area contributed by atoms with Crippen molar-refractivity contribution in [2.45, 2.75) is 39.2 Å². The molecule has 2 aromatic heterocycles. The summed E-state index contributed by atoms with van der Waals surface area (Å²) in [5, 5.41) is 0. The molecule has 0 saturated carbocycles. The summed E-state index contributed by atoms with van der Waals surface area (Å²) in [4.78, 5) is 30.9. The number of aromatic nitrogens is 3. The molecule has 0 bridgehead atoms. The van der Waals surface area contributed by atoms with Crippen LogP contribution in [0.5, 0.6) is 0 Å². The van der Waals surface area contributed by atoms with Crippen LogP contribution >= 0.6 is 0 Å². The van der Waals surface area contributed by atoms with E-state index in [0.717, 1.165) is 29.7 Å². The van der Waals surface area contributed by atoms with Gasteiger partial charge in [0.2, 0.25) is 11.7 Å². The van der Waals surface area contributed by atoms with Crippen LogP contribution in [0.1, 0.15) is 53.6 Å². The van der Waals surface area contributed by atoms with Gasteiger partial charge < -0.3 is 14.2 Å². The Morgan fingerprint density at radius 2 is 2.00 bits per heavy atom. The van der Waals surface area contributed by atoms with Gasteiger partial charge in [-0.3, -0.25) is 4.79 Å². The number of rotatable bonds is 5. The molecule has 1 atom stereocenters. The summed E-state index contributed by atoms with van der Waals surface area (Å²) in [6.45, 7) is 4.46. The second-order valence-electron chi connectivity index (χ2n) is 7.76. The monoisotopic (exact) mass is 405 g/mol. The van der Waals surface area contributed by atoms with E-state index >= 15 is 0 Å². The number of benzene rings is 1. The highest BCUT2D eigenvalue weighted by molar-refractivity contribution is 5.93. The fourth-order valence-electron chi connectivity index (χ4n) is 3.92. The molecule has 3 aromatic rings. The van der Waals surface area contributed by atoms with E-state index < -0.39 is 0 Å². The zero-order chi connectivity index (χ0) is 21.3. The van der Waals surface area contributed by atoms with Crippen molar-refractivity contribution in [1.29, 1.82) is 0 Å². The standard InChI is InChI=1S/C23H27N5O2/c1-5-19-25-15(2)21(30-19)22(29)28-13-9-12-18(28)20-17(16-10-7-6-8-11-16)14-24-23(26-20)27(3)4/h6-8,10-11,14,18H,5,9,12-13H2,1-4H3/t18-/m1/s1. The van der Waals surface area contributed by atoms with Gasteiger partial charge in [-0.1, -0.05) is 37.3 Å². The van der Waals surface area contributed by atoms with Crippen LogP contribution in [-0.4, -0.2) is 46.4 Å². The van der Waals surface area contributed by atoms with E-state index in [-0.39, 0.29) is 11.9 Å². The first kappa shape index (κ1) is 20.1. The molecule has 0 radical (unpaired) electrons. The predicted octanol–water partition coefficient (Wildman–Crippen LogP) is 4.05. The van der Waals surface area contributed by atoms with Crippen LogP contribution in [0.3, 0.4) is 0 Å². The van der Waals surface area contributed by atoms with Gasteiger partial charge in [-0.15, -0.1) is 0 Å². The maximum absolute atomic E-state index is 13.4. The summed E-state index contributed by atoms with van der Waals surface area (Å²) >= 11 is 0. The van der Waals surface area contributed by atoms with Gasteiger partial charge in [-0.25, -0.2) is 15.0 Å². The zero-order valence-electron chi connectivity index (χ0n) is 17.9. The molecule has 156 valence electrons. The van der Waals surface area contributed by atoms with E-state index in [0.29, 0.717) is 36.3 Å². The summed E-state index contributed by atoms with van der Waals surface area (Å²) in [6.07, 6.45) is 4.29. The third-order valence-corrected chi connectivity index (χ3v) is 5.46. The third kappa shape index (κ3) is 3.67. The number of aryl methyl sites for hydroxylation is 2. The van der Waals surface area contributed by atoms with Crippen molar-refractivity contribution >= 4 is 11.9 Å². The van der Waals surface area contributed by atoms with Gasteiger partial charge in [0.05, 0.1) is 17.4 Å². The van der Waals surface area contributed by atoms with Crippen molar-refractivity contribution in [3.05, 3.63) is 59.6 Å². The molecule has 7 heteroatoms. The Balaban J connectivity index is 1.77. The van der Waals surface area contributed by atoms with Gasteiger partial charge in [0.25, 0.3) is 5.91 Å². The number of anilines is 1. The molecule has 0 unspecified atom stereocenters. The van der Waals surface area contributed by atoms with Gasteiger partial charge >= 0.3 is 0 Å². The highest BCUT2D eigenvalue weighted by Gasteiger charge is 2.36. The molecule has 0 aliphatic carbocycles. The summed E-state index contributed by atoms with van der Waals surface area (Å²) < 4.78 is 5.76. The third-order valence-electron chi connectivity index (χ3n) is 5.46. The average Bonchev–Trinajstić information content (AvgIpc) is 3.40. The molecule has 30 heavy (non-hydrogen) atoms. The average molecular weight is 406 g/mol. The first-order valence-corrected chi connectivity index (χ1v) is 10.4. The maximum atomic E-state index is 13.4. The molecular weight excluding hydrogens is 378 g/mol. The van der Waals surface area contributed by atoms with E-state index in [1.807, 2.05) is 74.3 Å². The molecule has 1 aliphatic heterocycles. The topological polar surface area (TPSA) is 75.4 Å². The van der Waals surface area contributed by atoms with Gasteiger partial charge in [-0.2, -0.15) is 0 Å². The summed E-state index contributed by atoms with van der Waals surface area (Å²) in [5.74, 6) is 1.44. The van der Waals surface area contributed by atoms with Crippen LogP contribution in [-0.2, 0) is 6.42 Å². The van der Waals surface area contributed by atoms with Crippen LogP contribution in [0.4, 0.5) is 5.95 Å². The Morgan fingerprint density at radius 3 is 2.67 bits per heavy atom. The Labute approximate surface area is 176 Å². The number of carbonyl (C=O) groups is 1. The van der Waals surface area contributed by atoms with Crippen LogP contribution in [0.25, 0.3) is 11.1 Å². The van der Waals surface area contributed by atoms with E-state index in [1.54, 1.807) is 0 Å². The second-order valence-corrected chi connectivity index (χ2v) is 7.76. The normalized spacial score (nSPS) is 16.1. The molecule has 1 fully saturated rings. The van der Waals surface area contributed by atoms with Gasteiger partial charge in [-0.05, 0) is 25.3 Å². The van der Waals surface area contributed by atoms with E-state index in [4.69, 9.17) is 9.40 Å². The highest BCUT2D eigenvalue weighted by atomic mass is 16.4. The summed E-state index contributed by atoms with van der Waals surface area (Å²) in [6, 6.07) is 9.95. The first-order chi connectivity index (χ1) is 14.5. The Morgan fingerprint density at radius 1 is 1.23 bits per heavy atom. The summed E-state index contributed by atoms with van der Waals surface area (Å²) in [5.41, 5.74) is 3.51. The quantitative estimate of drug-likeness (QED) is 0.638. The van der Waals surface area contributed by atoms with E-state index in [2.05, 4.69) is 9.97 Å². The van der Waals surface area contributed by atoms with Gasteiger partial charge in [0, 0.05) is 38.8 Å². The minimum atomic E-state index is -0.135. The zero-order valence-corrected chi connectivity index (χ0v) is 17.9. The number of carbonyl (C=O) groups excluding carboxylic acids is 1. The molecular formula is C23H27N5O2. The molecule has 0 N–H and O–H groups in total. The largest absolute Gasteiger partial charge is 0.435 e. The molecule has 1 aliphatic rings. The van der Waals surface area contributed by atoms with Crippen molar-refractivity contribution < 1.29 is 9.21 Å². The van der Waals surface area contributed by atoms with Crippen LogP contribution in [0, 0.1) is 6.92 Å². The molecule has 4 rings (SSSR count). The number of amides is 1. The lowest BCUT2D eigenvalue weighted by Gasteiger charge is -2.26. The van der Waals surface area contributed by atoms with Gasteiger partial charge in [0.1, 0.15) is 0 Å². The van der Waals surface area contributed by atoms with Crippen molar-refractivity contribution in [1.82, 2.24) is 19.9 Å². The first-order valence-electron chi connectivity index (χ1n) is 10.4. The molecule has 1 amide bonds.